The summed E-state index contributed by atoms with van der Waals surface area (Å²) in [5, 5.41) is 2.95. The molecule has 0 fully saturated rings. The average Bonchev–Trinajstić information content (AvgIpc) is 2.71. The largest absolute Gasteiger partial charge is 0.497 e. The summed E-state index contributed by atoms with van der Waals surface area (Å²) in [4.78, 5) is 27.9. The van der Waals surface area contributed by atoms with Gasteiger partial charge in [0.05, 0.1) is 13.5 Å². The molecule has 5 nitrogen and oxygen atoms in total. The maximum atomic E-state index is 13.4. The van der Waals surface area contributed by atoms with Crippen LogP contribution in [0.5, 0.6) is 5.75 Å². The van der Waals surface area contributed by atoms with Gasteiger partial charge in [0.1, 0.15) is 11.8 Å². The van der Waals surface area contributed by atoms with E-state index in [0.717, 1.165) is 34.4 Å². The minimum Gasteiger partial charge on any atom is -0.497 e. The van der Waals surface area contributed by atoms with E-state index < -0.39 is 6.04 Å². The fourth-order valence-corrected chi connectivity index (χ4v) is 3.70. The first kappa shape index (κ1) is 23.5. The number of carbonyl (C=O) groups is 2. The van der Waals surface area contributed by atoms with Crippen molar-refractivity contribution >= 4 is 11.8 Å². The van der Waals surface area contributed by atoms with Crippen LogP contribution >= 0.6 is 0 Å². The van der Waals surface area contributed by atoms with E-state index in [1.165, 1.54) is 0 Å². The molecule has 162 valence electrons. The fraction of sp³-hybridized carbons (Fsp3) is 0.440. The smallest absolute Gasteiger partial charge is 0.242 e. The minimum atomic E-state index is -0.513. The van der Waals surface area contributed by atoms with Crippen molar-refractivity contribution in [2.75, 3.05) is 13.7 Å². The molecule has 0 bridgehead atoms. The van der Waals surface area contributed by atoms with Crippen LogP contribution < -0.4 is 10.1 Å². The van der Waals surface area contributed by atoms with Crippen LogP contribution in [0.2, 0.25) is 0 Å². The van der Waals surface area contributed by atoms with E-state index in [4.69, 9.17) is 4.74 Å². The van der Waals surface area contributed by atoms with Crippen LogP contribution in [0.25, 0.3) is 0 Å². The van der Waals surface area contributed by atoms with E-state index in [9.17, 15) is 9.59 Å². The molecule has 2 aromatic carbocycles. The zero-order valence-corrected chi connectivity index (χ0v) is 18.8. The van der Waals surface area contributed by atoms with Gasteiger partial charge in [-0.3, -0.25) is 9.59 Å². The molecule has 0 aliphatic carbocycles. The number of methoxy groups -OCH3 is 1. The summed E-state index contributed by atoms with van der Waals surface area (Å²) in [5.41, 5.74) is 4.16. The first-order valence-corrected chi connectivity index (χ1v) is 10.6. The number of nitrogens with zero attached hydrogens (tertiary/aromatic N) is 1. The second-order valence-electron chi connectivity index (χ2n) is 7.76. The second kappa shape index (κ2) is 11.4. The summed E-state index contributed by atoms with van der Waals surface area (Å²) >= 11 is 0. The molecule has 0 aliphatic heterocycles. The zero-order chi connectivity index (χ0) is 22.1. The quantitative estimate of drug-likeness (QED) is 0.639. The van der Waals surface area contributed by atoms with Crippen LogP contribution in [0.3, 0.4) is 0 Å². The van der Waals surface area contributed by atoms with E-state index >= 15 is 0 Å². The summed E-state index contributed by atoms with van der Waals surface area (Å²) in [6.07, 6.45) is 1.68. The van der Waals surface area contributed by atoms with Crippen molar-refractivity contribution in [2.45, 2.75) is 59.5 Å². The summed E-state index contributed by atoms with van der Waals surface area (Å²) in [5.74, 6) is 0.579. The number of hydrogen-bond acceptors (Lipinski definition) is 3. The van der Waals surface area contributed by atoms with Crippen molar-refractivity contribution in [1.82, 2.24) is 10.2 Å². The Morgan fingerprint density at radius 1 is 1.03 bits per heavy atom. The van der Waals surface area contributed by atoms with Gasteiger partial charge in [0.25, 0.3) is 0 Å². The standard InChI is InChI=1S/C25H34N2O3/c1-6-11-26-25(29)23(7-2)27(17-20-9-8-10-22(15-20)30-5)24(28)16-21-13-18(3)12-19(4)14-21/h8-10,12-15,23H,6-7,11,16-17H2,1-5H3,(H,26,29)/t23-/m0/s1. The molecule has 1 atom stereocenters. The third kappa shape index (κ3) is 6.61. The Hall–Kier alpha value is -2.82. The predicted molar refractivity (Wildman–Crippen MR) is 121 cm³/mol. The molecular formula is C25H34N2O3. The van der Waals surface area contributed by atoms with Gasteiger partial charge in [-0.15, -0.1) is 0 Å². The number of aryl methyl sites for hydroxylation is 2. The Labute approximate surface area is 180 Å². The number of hydrogen-bond donors (Lipinski definition) is 1. The van der Waals surface area contributed by atoms with E-state index in [1.807, 2.05) is 64.1 Å². The van der Waals surface area contributed by atoms with E-state index in [2.05, 4.69) is 11.4 Å². The third-order valence-corrected chi connectivity index (χ3v) is 5.06. The minimum absolute atomic E-state index is 0.0543. The van der Waals surface area contributed by atoms with Crippen molar-refractivity contribution in [1.29, 1.82) is 0 Å². The summed E-state index contributed by atoms with van der Waals surface area (Å²) < 4.78 is 5.32. The lowest BCUT2D eigenvalue weighted by molar-refractivity contribution is -0.140. The van der Waals surface area contributed by atoms with Crippen molar-refractivity contribution < 1.29 is 14.3 Å². The number of amides is 2. The van der Waals surface area contributed by atoms with Gasteiger partial charge in [0, 0.05) is 13.1 Å². The van der Waals surface area contributed by atoms with E-state index in [0.29, 0.717) is 19.5 Å². The number of ether oxygens (including phenoxy) is 1. The van der Waals surface area contributed by atoms with Crippen molar-refractivity contribution in [3.63, 3.8) is 0 Å². The Balaban J connectivity index is 2.32. The Kier molecular flexibility index (Phi) is 8.90. The van der Waals surface area contributed by atoms with Crippen LogP contribution in [0.1, 0.15) is 48.9 Å². The molecule has 0 aromatic heterocycles. The van der Waals surface area contributed by atoms with Crippen LogP contribution in [0, 0.1) is 13.8 Å². The van der Waals surface area contributed by atoms with E-state index in [-0.39, 0.29) is 18.2 Å². The SMILES string of the molecule is CCCNC(=O)[C@H](CC)N(Cc1cccc(OC)c1)C(=O)Cc1cc(C)cc(C)c1. The van der Waals surface area contributed by atoms with Crippen LogP contribution in [0.4, 0.5) is 0 Å². The molecule has 0 saturated carbocycles. The normalized spacial score (nSPS) is 11.6. The van der Waals surface area contributed by atoms with Crippen molar-refractivity contribution in [3.05, 3.63) is 64.7 Å². The lowest BCUT2D eigenvalue weighted by Gasteiger charge is -2.31. The lowest BCUT2D eigenvalue weighted by atomic mass is 10.0. The molecule has 0 heterocycles. The molecule has 2 rings (SSSR count). The highest BCUT2D eigenvalue weighted by Crippen LogP contribution is 2.19. The molecule has 2 amide bonds. The van der Waals surface area contributed by atoms with Gasteiger partial charge in [-0.25, -0.2) is 0 Å². The third-order valence-electron chi connectivity index (χ3n) is 5.06. The first-order valence-electron chi connectivity index (χ1n) is 10.6. The summed E-state index contributed by atoms with van der Waals surface area (Å²) in [6, 6.07) is 13.3. The number of rotatable bonds is 10. The van der Waals surface area contributed by atoms with Crippen LogP contribution in [-0.2, 0) is 22.6 Å². The van der Waals surface area contributed by atoms with Gasteiger partial charge in [0.15, 0.2) is 0 Å². The highest BCUT2D eigenvalue weighted by Gasteiger charge is 2.28. The highest BCUT2D eigenvalue weighted by atomic mass is 16.5. The topological polar surface area (TPSA) is 58.6 Å². The molecule has 0 saturated heterocycles. The number of nitrogens with one attached hydrogen (secondary N) is 1. The summed E-state index contributed by atoms with van der Waals surface area (Å²) in [6.45, 7) is 8.98. The second-order valence-corrected chi connectivity index (χ2v) is 7.76. The van der Waals surface area contributed by atoms with Crippen molar-refractivity contribution in [3.8, 4) is 5.75 Å². The van der Waals surface area contributed by atoms with Crippen LogP contribution in [-0.4, -0.2) is 36.4 Å². The molecule has 2 aromatic rings. The first-order chi connectivity index (χ1) is 14.4. The average molecular weight is 411 g/mol. The van der Waals surface area contributed by atoms with Crippen LogP contribution in [0.15, 0.2) is 42.5 Å². The van der Waals surface area contributed by atoms with Crippen molar-refractivity contribution in [2.24, 2.45) is 0 Å². The molecule has 0 radical (unpaired) electrons. The zero-order valence-electron chi connectivity index (χ0n) is 18.8. The van der Waals surface area contributed by atoms with Gasteiger partial charge in [-0.05, 0) is 49.9 Å². The van der Waals surface area contributed by atoms with E-state index in [1.54, 1.807) is 12.0 Å². The Bertz CT molecular complexity index is 843. The predicted octanol–water partition coefficient (Wildman–Crippen LogP) is 4.19. The monoisotopic (exact) mass is 410 g/mol. The molecule has 0 unspecified atom stereocenters. The highest BCUT2D eigenvalue weighted by molar-refractivity contribution is 5.88. The van der Waals surface area contributed by atoms with Gasteiger partial charge in [-0.1, -0.05) is 55.3 Å². The number of carbonyl (C=O) groups excluding carboxylic acids is 2. The molecule has 1 N–H and O–H groups in total. The lowest BCUT2D eigenvalue weighted by Crippen LogP contribution is -2.49. The van der Waals surface area contributed by atoms with Gasteiger partial charge in [0.2, 0.25) is 11.8 Å². The maximum absolute atomic E-state index is 13.4. The molecule has 0 aliphatic rings. The van der Waals surface area contributed by atoms with Gasteiger partial charge >= 0.3 is 0 Å². The number of benzene rings is 2. The molecule has 5 heteroatoms. The maximum Gasteiger partial charge on any atom is 0.242 e. The Morgan fingerprint density at radius 2 is 1.73 bits per heavy atom. The van der Waals surface area contributed by atoms with Gasteiger partial charge < -0.3 is 15.0 Å². The Morgan fingerprint density at radius 3 is 2.33 bits per heavy atom. The molecule has 30 heavy (non-hydrogen) atoms. The van der Waals surface area contributed by atoms with Gasteiger partial charge in [-0.2, -0.15) is 0 Å². The fourth-order valence-electron chi connectivity index (χ4n) is 3.70. The summed E-state index contributed by atoms with van der Waals surface area (Å²) in [7, 11) is 1.62. The molecule has 0 spiro atoms. The molecular weight excluding hydrogens is 376 g/mol.